The fourth-order valence-corrected chi connectivity index (χ4v) is 1.73. The van der Waals surface area contributed by atoms with Crippen LogP contribution in [0.4, 0.5) is 0 Å². The second kappa shape index (κ2) is 4.42. The normalized spacial score (nSPS) is 24.6. The van der Waals surface area contributed by atoms with E-state index in [4.69, 9.17) is 0 Å². The smallest absolute Gasteiger partial charge is 0.154 e. The first kappa shape index (κ1) is 12.6. The van der Waals surface area contributed by atoms with Gasteiger partial charge < -0.3 is 5.32 Å². The maximum absolute atomic E-state index is 4.61. The number of rotatable bonds is 2. The summed E-state index contributed by atoms with van der Waals surface area (Å²) in [7, 11) is 1.91. The second-order valence-corrected chi connectivity index (χ2v) is 6.04. The predicted molar refractivity (Wildman–Crippen MR) is 73.4 cm³/mol. The van der Waals surface area contributed by atoms with Crippen molar-refractivity contribution in [1.29, 1.82) is 0 Å². The SMILES string of the molecule is CN1NC(=NC2CC2)C(S)=C(NC(C)(C)C)N1. The van der Waals surface area contributed by atoms with Gasteiger partial charge in [0.2, 0.25) is 0 Å². The molecule has 0 aromatic rings. The summed E-state index contributed by atoms with van der Waals surface area (Å²) in [6.45, 7) is 6.34. The van der Waals surface area contributed by atoms with Crippen LogP contribution in [0, 0.1) is 0 Å². The van der Waals surface area contributed by atoms with Gasteiger partial charge in [0.1, 0.15) is 5.82 Å². The highest BCUT2D eigenvalue weighted by Gasteiger charge is 2.26. The molecule has 17 heavy (non-hydrogen) atoms. The molecule has 0 atom stereocenters. The van der Waals surface area contributed by atoms with E-state index in [2.05, 4.69) is 54.6 Å². The first-order chi connectivity index (χ1) is 7.85. The Morgan fingerprint density at radius 3 is 2.53 bits per heavy atom. The molecule has 2 aliphatic rings. The summed E-state index contributed by atoms with van der Waals surface area (Å²) in [4.78, 5) is 5.45. The fraction of sp³-hybridized carbons (Fsp3) is 0.727. The van der Waals surface area contributed by atoms with Gasteiger partial charge in [0.05, 0.1) is 10.9 Å². The van der Waals surface area contributed by atoms with Crippen molar-refractivity contribution in [2.45, 2.75) is 45.2 Å². The number of aliphatic imine (C=N–C) groups is 1. The lowest BCUT2D eigenvalue weighted by Crippen LogP contribution is -2.57. The lowest BCUT2D eigenvalue weighted by Gasteiger charge is -2.34. The van der Waals surface area contributed by atoms with Gasteiger partial charge in [0, 0.05) is 12.6 Å². The third-order valence-corrected chi connectivity index (χ3v) is 2.81. The maximum atomic E-state index is 4.61. The quantitative estimate of drug-likeness (QED) is 0.556. The molecule has 1 aliphatic carbocycles. The van der Waals surface area contributed by atoms with Crippen LogP contribution in [0.5, 0.6) is 0 Å². The molecule has 0 unspecified atom stereocenters. The summed E-state index contributed by atoms with van der Waals surface area (Å²) in [5, 5.41) is 5.18. The van der Waals surface area contributed by atoms with Crippen molar-refractivity contribution in [1.82, 2.24) is 21.3 Å². The van der Waals surface area contributed by atoms with E-state index in [0.717, 1.165) is 16.6 Å². The summed E-state index contributed by atoms with van der Waals surface area (Å²) in [6.07, 6.45) is 2.37. The highest BCUT2D eigenvalue weighted by atomic mass is 32.1. The molecule has 1 fully saturated rings. The van der Waals surface area contributed by atoms with Gasteiger partial charge >= 0.3 is 0 Å². The predicted octanol–water partition coefficient (Wildman–Crippen LogP) is 0.989. The first-order valence-corrected chi connectivity index (χ1v) is 6.36. The minimum Gasteiger partial charge on any atom is -0.365 e. The molecule has 0 aromatic carbocycles. The third kappa shape index (κ3) is 3.54. The molecule has 0 amide bonds. The first-order valence-electron chi connectivity index (χ1n) is 5.92. The van der Waals surface area contributed by atoms with Crippen LogP contribution in [-0.2, 0) is 0 Å². The Kier molecular flexibility index (Phi) is 3.27. The molecule has 0 saturated heterocycles. The van der Waals surface area contributed by atoms with Crippen LogP contribution >= 0.6 is 12.6 Å². The monoisotopic (exact) mass is 255 g/mol. The van der Waals surface area contributed by atoms with Crippen LogP contribution in [0.25, 0.3) is 0 Å². The highest BCUT2D eigenvalue weighted by molar-refractivity contribution is 7.85. The zero-order valence-electron chi connectivity index (χ0n) is 10.8. The van der Waals surface area contributed by atoms with E-state index in [1.807, 2.05) is 7.05 Å². The van der Waals surface area contributed by atoms with E-state index in [9.17, 15) is 0 Å². The average Bonchev–Trinajstić information content (AvgIpc) is 2.94. The Hall–Kier alpha value is -0.880. The number of hydrogen-bond acceptors (Lipinski definition) is 5. The summed E-state index contributed by atoms with van der Waals surface area (Å²) >= 11 is 4.54. The van der Waals surface area contributed by atoms with E-state index in [1.165, 1.54) is 12.8 Å². The number of amidine groups is 1. The van der Waals surface area contributed by atoms with Crippen molar-refractivity contribution >= 4 is 18.5 Å². The van der Waals surface area contributed by atoms with Crippen molar-refractivity contribution in [2.75, 3.05) is 7.05 Å². The Balaban J connectivity index is 2.20. The fourth-order valence-electron chi connectivity index (χ4n) is 1.52. The Morgan fingerprint density at radius 2 is 2.00 bits per heavy atom. The van der Waals surface area contributed by atoms with Crippen molar-refractivity contribution in [2.24, 2.45) is 4.99 Å². The largest absolute Gasteiger partial charge is 0.365 e. The Morgan fingerprint density at radius 1 is 1.35 bits per heavy atom. The van der Waals surface area contributed by atoms with Gasteiger partial charge in [-0.25, -0.2) is 0 Å². The Labute approximate surface area is 108 Å². The summed E-state index contributed by atoms with van der Waals surface area (Å²) in [5.41, 5.74) is 6.32. The van der Waals surface area contributed by atoms with Crippen LogP contribution in [0.15, 0.2) is 15.7 Å². The van der Waals surface area contributed by atoms with Crippen LogP contribution in [0.1, 0.15) is 33.6 Å². The molecule has 1 heterocycles. The molecule has 2 rings (SSSR count). The summed E-state index contributed by atoms with van der Waals surface area (Å²) in [6, 6.07) is 0.474. The number of thiol groups is 1. The number of hydrogen-bond donors (Lipinski definition) is 4. The van der Waals surface area contributed by atoms with E-state index in [1.54, 1.807) is 5.12 Å². The maximum Gasteiger partial charge on any atom is 0.154 e. The zero-order chi connectivity index (χ0) is 12.6. The van der Waals surface area contributed by atoms with E-state index >= 15 is 0 Å². The lowest BCUT2D eigenvalue weighted by atomic mass is 10.1. The summed E-state index contributed by atoms with van der Waals surface area (Å²) in [5.74, 6) is 1.73. The van der Waals surface area contributed by atoms with Gasteiger partial charge in [-0.15, -0.1) is 17.7 Å². The average molecular weight is 255 g/mol. The molecule has 1 aliphatic heterocycles. The van der Waals surface area contributed by atoms with Crippen molar-refractivity contribution in [3.05, 3.63) is 10.7 Å². The molecule has 3 N–H and O–H groups in total. The molecular weight excluding hydrogens is 234 g/mol. The molecule has 0 spiro atoms. The molecule has 0 radical (unpaired) electrons. The number of nitrogens with one attached hydrogen (secondary N) is 3. The minimum absolute atomic E-state index is 0.0147. The number of hydrazine groups is 2. The lowest BCUT2D eigenvalue weighted by molar-refractivity contribution is 0.202. The topological polar surface area (TPSA) is 51.7 Å². The molecule has 1 saturated carbocycles. The number of nitrogens with zero attached hydrogens (tertiary/aromatic N) is 2. The third-order valence-electron chi connectivity index (χ3n) is 2.37. The molecule has 0 aromatic heterocycles. The molecule has 0 bridgehead atoms. The van der Waals surface area contributed by atoms with Gasteiger partial charge in [-0.2, -0.15) is 0 Å². The van der Waals surface area contributed by atoms with Crippen molar-refractivity contribution < 1.29 is 0 Å². The van der Waals surface area contributed by atoms with E-state index in [-0.39, 0.29) is 5.54 Å². The molecule has 6 heteroatoms. The van der Waals surface area contributed by atoms with Crippen molar-refractivity contribution in [3.8, 4) is 0 Å². The van der Waals surface area contributed by atoms with Crippen LogP contribution in [0.3, 0.4) is 0 Å². The molecular formula is C11H21N5S. The van der Waals surface area contributed by atoms with Crippen molar-refractivity contribution in [3.63, 3.8) is 0 Å². The Bertz CT molecular complexity index is 365. The van der Waals surface area contributed by atoms with Crippen LogP contribution < -0.4 is 16.2 Å². The second-order valence-electron chi connectivity index (χ2n) is 5.59. The molecule has 96 valence electrons. The van der Waals surface area contributed by atoms with Gasteiger partial charge in [-0.3, -0.25) is 15.8 Å². The summed E-state index contributed by atoms with van der Waals surface area (Å²) < 4.78 is 0. The van der Waals surface area contributed by atoms with Crippen LogP contribution in [-0.4, -0.2) is 29.6 Å². The van der Waals surface area contributed by atoms with Gasteiger partial charge in [-0.05, 0) is 33.6 Å². The van der Waals surface area contributed by atoms with Gasteiger partial charge in [-0.1, -0.05) is 0 Å². The van der Waals surface area contributed by atoms with Crippen LogP contribution in [0.2, 0.25) is 0 Å². The van der Waals surface area contributed by atoms with E-state index < -0.39 is 0 Å². The van der Waals surface area contributed by atoms with E-state index in [0.29, 0.717) is 6.04 Å². The standard InChI is InChI=1S/C11H21N5S/c1-11(2,3)13-10-8(17)9(12-7-5-6-7)14-16(4)15-10/h7,13,15,17H,5-6H2,1-4H3,(H,12,14). The van der Waals surface area contributed by atoms with Gasteiger partial charge in [0.25, 0.3) is 0 Å². The van der Waals surface area contributed by atoms with Gasteiger partial charge in [0.15, 0.2) is 5.84 Å². The minimum atomic E-state index is -0.0147. The molecule has 5 nitrogen and oxygen atoms in total. The highest BCUT2D eigenvalue weighted by Crippen LogP contribution is 2.25. The zero-order valence-corrected chi connectivity index (χ0v) is 11.7.